The van der Waals surface area contributed by atoms with Crippen LogP contribution in [0.1, 0.15) is 21.6 Å². The summed E-state index contributed by atoms with van der Waals surface area (Å²) in [4.78, 5) is 28.8. The van der Waals surface area contributed by atoms with Crippen LogP contribution in [0.4, 0.5) is 5.69 Å². The third-order valence-corrected chi connectivity index (χ3v) is 4.69. The molecule has 2 heterocycles. The van der Waals surface area contributed by atoms with Gasteiger partial charge in [-0.2, -0.15) is 0 Å². The van der Waals surface area contributed by atoms with Gasteiger partial charge in [-0.05, 0) is 30.7 Å². The molecule has 1 fully saturated rings. The first kappa shape index (κ1) is 18.8. The van der Waals surface area contributed by atoms with Gasteiger partial charge >= 0.3 is 0 Å². The van der Waals surface area contributed by atoms with Crippen LogP contribution < -0.4 is 4.90 Å². The number of hydrogen-bond donors (Lipinski definition) is 0. The number of morpholine rings is 1. The predicted molar refractivity (Wildman–Crippen MR) is 100 cm³/mol. The molecule has 27 heavy (non-hydrogen) atoms. The molecule has 0 N–H and O–H groups in total. The Morgan fingerprint density at radius 1 is 1.33 bits per heavy atom. The van der Waals surface area contributed by atoms with E-state index in [1.165, 1.54) is 6.08 Å². The summed E-state index contributed by atoms with van der Waals surface area (Å²) in [6.45, 7) is 7.96. The van der Waals surface area contributed by atoms with Crippen molar-refractivity contribution in [3.05, 3.63) is 53.9 Å². The molecule has 8 nitrogen and oxygen atoms in total. The van der Waals surface area contributed by atoms with E-state index in [0.29, 0.717) is 37.6 Å². The van der Waals surface area contributed by atoms with Gasteiger partial charge in [0.05, 0.1) is 31.6 Å². The van der Waals surface area contributed by atoms with E-state index in [1.807, 2.05) is 13.0 Å². The van der Waals surface area contributed by atoms with Crippen molar-refractivity contribution in [2.24, 2.45) is 7.05 Å². The van der Waals surface area contributed by atoms with Crippen LogP contribution >= 0.6 is 0 Å². The monoisotopic (exact) mass is 369 g/mol. The van der Waals surface area contributed by atoms with Crippen LogP contribution in [-0.2, 0) is 23.1 Å². The Labute approximate surface area is 158 Å². The number of benzene rings is 1. The largest absolute Gasteiger partial charge is 0.378 e. The Morgan fingerprint density at radius 2 is 2.07 bits per heavy atom. The fourth-order valence-corrected chi connectivity index (χ4v) is 3.09. The van der Waals surface area contributed by atoms with Crippen LogP contribution in [0.5, 0.6) is 0 Å². The fraction of sp³-hybridized carbons (Fsp3) is 0.368. The second-order valence-electron chi connectivity index (χ2n) is 6.33. The summed E-state index contributed by atoms with van der Waals surface area (Å²) < 4.78 is 6.93. The second kappa shape index (κ2) is 8.13. The first-order valence-corrected chi connectivity index (χ1v) is 8.77. The summed E-state index contributed by atoms with van der Waals surface area (Å²) in [5, 5.41) is 7.77. The molecule has 0 spiro atoms. The molecule has 1 aromatic heterocycles. The molecular formula is C19H23N5O3. The standard InChI is InChI=1S/C19H23N5O3/c1-4-18(25)24(13-15-12-20-21-22(15)3)17-7-5-6-16(14(17)2)19(26)23-8-10-27-11-9-23/h4-7,12H,1,8-11,13H2,2-3H3. The number of carbonyl (C=O) groups is 2. The van der Waals surface area contributed by atoms with Crippen LogP contribution in [0.2, 0.25) is 0 Å². The van der Waals surface area contributed by atoms with Crippen LogP contribution in [-0.4, -0.2) is 58.0 Å². The molecule has 2 aromatic rings. The Balaban J connectivity index is 1.95. The number of hydrogen-bond acceptors (Lipinski definition) is 5. The van der Waals surface area contributed by atoms with Gasteiger partial charge in [0.15, 0.2) is 0 Å². The third kappa shape index (κ3) is 3.90. The van der Waals surface area contributed by atoms with Gasteiger partial charge in [0.2, 0.25) is 0 Å². The van der Waals surface area contributed by atoms with Crippen LogP contribution in [0.15, 0.2) is 37.1 Å². The van der Waals surface area contributed by atoms with Gasteiger partial charge in [0, 0.05) is 31.4 Å². The van der Waals surface area contributed by atoms with Crippen molar-refractivity contribution in [2.75, 3.05) is 31.2 Å². The molecular weight excluding hydrogens is 346 g/mol. The third-order valence-electron chi connectivity index (χ3n) is 4.69. The van der Waals surface area contributed by atoms with Gasteiger partial charge in [-0.15, -0.1) is 5.10 Å². The Bertz CT molecular complexity index is 855. The second-order valence-corrected chi connectivity index (χ2v) is 6.33. The number of anilines is 1. The van der Waals surface area contributed by atoms with Crippen molar-refractivity contribution < 1.29 is 14.3 Å². The number of nitrogens with zero attached hydrogens (tertiary/aromatic N) is 5. The SMILES string of the molecule is C=CC(=O)N(Cc1cnnn1C)c1cccc(C(=O)N2CCOCC2)c1C. The average molecular weight is 369 g/mol. The topological polar surface area (TPSA) is 80.6 Å². The molecule has 0 atom stereocenters. The van der Waals surface area contributed by atoms with Crippen molar-refractivity contribution in [3.8, 4) is 0 Å². The Hall–Kier alpha value is -3.00. The Morgan fingerprint density at radius 3 is 2.70 bits per heavy atom. The maximum atomic E-state index is 12.9. The van der Waals surface area contributed by atoms with E-state index < -0.39 is 0 Å². The maximum absolute atomic E-state index is 12.9. The van der Waals surface area contributed by atoms with E-state index in [1.54, 1.807) is 39.9 Å². The predicted octanol–water partition coefficient (Wildman–Crippen LogP) is 1.32. The molecule has 0 unspecified atom stereocenters. The van der Waals surface area contributed by atoms with E-state index in [4.69, 9.17) is 4.74 Å². The number of aryl methyl sites for hydroxylation is 1. The smallest absolute Gasteiger partial charge is 0.254 e. The summed E-state index contributed by atoms with van der Waals surface area (Å²) in [7, 11) is 1.77. The molecule has 0 saturated carbocycles. The van der Waals surface area contributed by atoms with E-state index >= 15 is 0 Å². The Kier molecular flexibility index (Phi) is 5.66. The molecule has 1 aromatic carbocycles. The van der Waals surface area contributed by atoms with E-state index in [0.717, 1.165) is 11.3 Å². The highest BCUT2D eigenvalue weighted by Crippen LogP contribution is 2.26. The summed E-state index contributed by atoms with van der Waals surface area (Å²) in [5.41, 5.74) is 2.77. The number of ether oxygens (including phenoxy) is 1. The molecule has 142 valence electrons. The number of carbonyl (C=O) groups excluding carboxylic acids is 2. The average Bonchev–Trinajstić information content (AvgIpc) is 3.10. The van der Waals surface area contributed by atoms with Crippen molar-refractivity contribution in [1.82, 2.24) is 19.9 Å². The molecule has 0 aliphatic carbocycles. The van der Waals surface area contributed by atoms with E-state index in [9.17, 15) is 9.59 Å². The van der Waals surface area contributed by atoms with Crippen LogP contribution in [0.25, 0.3) is 0 Å². The van der Waals surface area contributed by atoms with Crippen molar-refractivity contribution >= 4 is 17.5 Å². The van der Waals surface area contributed by atoms with Gasteiger partial charge in [-0.25, -0.2) is 0 Å². The minimum atomic E-state index is -0.254. The zero-order chi connectivity index (χ0) is 19.4. The summed E-state index contributed by atoms with van der Waals surface area (Å²) in [6.07, 6.45) is 2.88. The van der Waals surface area contributed by atoms with Gasteiger partial charge in [-0.3, -0.25) is 14.3 Å². The zero-order valence-electron chi connectivity index (χ0n) is 15.6. The summed E-state index contributed by atoms with van der Waals surface area (Å²) in [6, 6.07) is 5.41. The van der Waals surface area contributed by atoms with Gasteiger partial charge in [-0.1, -0.05) is 17.9 Å². The number of rotatable bonds is 5. The van der Waals surface area contributed by atoms with Gasteiger partial charge < -0.3 is 14.5 Å². The molecule has 1 aliphatic heterocycles. The molecule has 0 radical (unpaired) electrons. The quantitative estimate of drug-likeness (QED) is 0.743. The van der Waals surface area contributed by atoms with E-state index in [-0.39, 0.29) is 18.4 Å². The first-order valence-electron chi connectivity index (χ1n) is 8.77. The fourth-order valence-electron chi connectivity index (χ4n) is 3.09. The van der Waals surface area contributed by atoms with Crippen molar-refractivity contribution in [3.63, 3.8) is 0 Å². The highest BCUT2D eigenvalue weighted by Gasteiger charge is 2.24. The molecule has 2 amide bonds. The number of aromatic nitrogens is 3. The molecule has 1 aliphatic rings. The minimum absolute atomic E-state index is 0.0501. The van der Waals surface area contributed by atoms with Gasteiger partial charge in [0.25, 0.3) is 11.8 Å². The van der Waals surface area contributed by atoms with Crippen LogP contribution in [0, 0.1) is 6.92 Å². The van der Waals surface area contributed by atoms with Crippen molar-refractivity contribution in [2.45, 2.75) is 13.5 Å². The highest BCUT2D eigenvalue weighted by molar-refractivity contribution is 6.03. The van der Waals surface area contributed by atoms with E-state index in [2.05, 4.69) is 16.9 Å². The lowest BCUT2D eigenvalue weighted by Crippen LogP contribution is -2.41. The molecule has 0 bridgehead atoms. The normalized spacial score (nSPS) is 14.1. The van der Waals surface area contributed by atoms with Crippen LogP contribution in [0.3, 0.4) is 0 Å². The molecule has 8 heteroatoms. The highest BCUT2D eigenvalue weighted by atomic mass is 16.5. The lowest BCUT2D eigenvalue weighted by molar-refractivity contribution is -0.114. The first-order chi connectivity index (χ1) is 13.0. The molecule has 1 saturated heterocycles. The lowest BCUT2D eigenvalue weighted by Gasteiger charge is -2.29. The number of amides is 2. The lowest BCUT2D eigenvalue weighted by atomic mass is 10.0. The van der Waals surface area contributed by atoms with Crippen molar-refractivity contribution in [1.29, 1.82) is 0 Å². The molecule has 3 rings (SSSR count). The minimum Gasteiger partial charge on any atom is -0.378 e. The summed E-state index contributed by atoms with van der Waals surface area (Å²) in [5.74, 6) is -0.305. The summed E-state index contributed by atoms with van der Waals surface area (Å²) >= 11 is 0. The van der Waals surface area contributed by atoms with Gasteiger partial charge in [0.1, 0.15) is 0 Å². The zero-order valence-corrected chi connectivity index (χ0v) is 15.6. The maximum Gasteiger partial charge on any atom is 0.254 e.